The summed E-state index contributed by atoms with van der Waals surface area (Å²) in [4.78, 5) is 0. The van der Waals surface area contributed by atoms with E-state index in [1.165, 1.54) is 6.07 Å². The first kappa shape index (κ1) is 13.0. The molecule has 96 valence electrons. The number of rotatable bonds is 5. The van der Waals surface area contributed by atoms with Crippen LogP contribution in [0.1, 0.15) is 17.7 Å². The third kappa shape index (κ3) is 3.26. The van der Waals surface area contributed by atoms with E-state index in [0.29, 0.717) is 18.0 Å². The van der Waals surface area contributed by atoms with E-state index in [0.717, 1.165) is 30.7 Å². The highest BCUT2D eigenvalue weighted by molar-refractivity contribution is 6.17. The summed E-state index contributed by atoms with van der Waals surface area (Å²) >= 11 is 5.59. The van der Waals surface area contributed by atoms with Crippen LogP contribution >= 0.6 is 11.6 Å². The van der Waals surface area contributed by atoms with Crippen LogP contribution < -0.4 is 0 Å². The maximum atomic E-state index is 13.0. The maximum Gasteiger partial charge on any atom is 0.159 e. The van der Waals surface area contributed by atoms with E-state index in [2.05, 4.69) is 10.3 Å². The molecule has 0 radical (unpaired) electrons. The Morgan fingerprint density at radius 2 is 2.06 bits per heavy atom. The molecule has 0 unspecified atom stereocenters. The van der Waals surface area contributed by atoms with Gasteiger partial charge in [-0.3, -0.25) is 0 Å². The zero-order valence-corrected chi connectivity index (χ0v) is 10.4. The van der Waals surface area contributed by atoms with Crippen molar-refractivity contribution in [2.45, 2.75) is 19.4 Å². The highest BCUT2D eigenvalue weighted by atomic mass is 35.5. The third-order valence-electron chi connectivity index (χ3n) is 2.48. The average Bonchev–Trinajstić information content (AvgIpc) is 2.79. The van der Waals surface area contributed by atoms with Crippen LogP contribution in [0.25, 0.3) is 0 Å². The van der Waals surface area contributed by atoms with E-state index >= 15 is 0 Å². The molecule has 2 aromatic rings. The van der Waals surface area contributed by atoms with Gasteiger partial charge in [0.1, 0.15) is 0 Å². The van der Waals surface area contributed by atoms with Crippen molar-refractivity contribution in [3.8, 4) is 0 Å². The second-order valence-electron chi connectivity index (χ2n) is 3.95. The molecule has 0 spiro atoms. The van der Waals surface area contributed by atoms with Crippen molar-refractivity contribution in [2.75, 3.05) is 5.88 Å². The van der Waals surface area contributed by atoms with Crippen LogP contribution in [0.5, 0.6) is 0 Å². The normalized spacial score (nSPS) is 10.8. The SMILES string of the molecule is Fc1ccc(Cn2cc(CCCCl)nn2)cc1F. The molecule has 0 saturated heterocycles. The van der Waals surface area contributed by atoms with Gasteiger partial charge in [0.2, 0.25) is 0 Å². The van der Waals surface area contributed by atoms with Gasteiger partial charge in [0.05, 0.1) is 12.2 Å². The minimum absolute atomic E-state index is 0.366. The van der Waals surface area contributed by atoms with Gasteiger partial charge >= 0.3 is 0 Å². The van der Waals surface area contributed by atoms with Crippen LogP contribution in [0.3, 0.4) is 0 Å². The monoisotopic (exact) mass is 271 g/mol. The number of aryl methyl sites for hydroxylation is 1. The third-order valence-corrected chi connectivity index (χ3v) is 2.75. The summed E-state index contributed by atoms with van der Waals surface area (Å²) in [6.07, 6.45) is 3.39. The quantitative estimate of drug-likeness (QED) is 0.783. The topological polar surface area (TPSA) is 30.7 Å². The van der Waals surface area contributed by atoms with Crippen molar-refractivity contribution in [3.05, 3.63) is 47.3 Å². The van der Waals surface area contributed by atoms with Crippen LogP contribution in [-0.2, 0) is 13.0 Å². The lowest BCUT2D eigenvalue weighted by Crippen LogP contribution is -2.01. The van der Waals surface area contributed by atoms with Crippen molar-refractivity contribution >= 4 is 11.6 Å². The summed E-state index contributed by atoms with van der Waals surface area (Å²) < 4.78 is 27.4. The zero-order chi connectivity index (χ0) is 13.0. The van der Waals surface area contributed by atoms with Crippen molar-refractivity contribution in [1.82, 2.24) is 15.0 Å². The molecule has 0 aliphatic heterocycles. The maximum absolute atomic E-state index is 13.0. The first-order chi connectivity index (χ1) is 8.69. The predicted octanol–water partition coefficient (Wildman–Crippen LogP) is 2.78. The van der Waals surface area contributed by atoms with E-state index in [4.69, 9.17) is 11.6 Å². The van der Waals surface area contributed by atoms with Gasteiger partial charge in [-0.05, 0) is 30.5 Å². The second kappa shape index (κ2) is 5.91. The Hall–Kier alpha value is -1.49. The molecular formula is C12H12ClF2N3. The fourth-order valence-electron chi connectivity index (χ4n) is 1.60. The highest BCUT2D eigenvalue weighted by Gasteiger charge is 2.05. The Bertz CT molecular complexity index is 528. The van der Waals surface area contributed by atoms with Crippen LogP contribution in [0.4, 0.5) is 8.78 Å². The molecule has 1 heterocycles. The lowest BCUT2D eigenvalue weighted by Gasteiger charge is -2.01. The van der Waals surface area contributed by atoms with E-state index in [1.54, 1.807) is 10.9 Å². The van der Waals surface area contributed by atoms with Gasteiger partial charge in [0, 0.05) is 12.1 Å². The number of benzene rings is 1. The molecule has 0 amide bonds. The van der Waals surface area contributed by atoms with E-state index in [9.17, 15) is 8.78 Å². The fraction of sp³-hybridized carbons (Fsp3) is 0.333. The minimum Gasteiger partial charge on any atom is -0.248 e. The van der Waals surface area contributed by atoms with Crippen molar-refractivity contribution in [2.24, 2.45) is 0 Å². The summed E-state index contributed by atoms with van der Waals surface area (Å²) in [7, 11) is 0. The number of hydrogen-bond donors (Lipinski definition) is 0. The Balaban J connectivity index is 2.04. The van der Waals surface area contributed by atoms with Gasteiger partial charge in [0.15, 0.2) is 11.6 Å². The molecule has 0 fully saturated rings. The van der Waals surface area contributed by atoms with Crippen molar-refractivity contribution < 1.29 is 8.78 Å². The lowest BCUT2D eigenvalue weighted by atomic mass is 10.2. The number of halogens is 3. The summed E-state index contributed by atoms with van der Waals surface area (Å²) in [6.45, 7) is 0.366. The molecule has 6 heteroatoms. The molecule has 0 bridgehead atoms. The summed E-state index contributed by atoms with van der Waals surface area (Å²) in [5, 5.41) is 7.90. The van der Waals surface area contributed by atoms with Gasteiger partial charge in [-0.25, -0.2) is 13.5 Å². The molecule has 0 saturated carbocycles. The van der Waals surface area contributed by atoms with Gasteiger partial charge in [-0.2, -0.15) is 0 Å². The number of aromatic nitrogens is 3. The number of hydrogen-bond acceptors (Lipinski definition) is 2. The Labute approximate surface area is 108 Å². The van der Waals surface area contributed by atoms with Gasteiger partial charge < -0.3 is 0 Å². The summed E-state index contributed by atoms with van der Waals surface area (Å²) in [5.74, 6) is -1.12. The highest BCUT2D eigenvalue weighted by Crippen LogP contribution is 2.10. The van der Waals surface area contributed by atoms with Gasteiger partial charge in [0.25, 0.3) is 0 Å². The minimum atomic E-state index is -0.852. The first-order valence-corrected chi connectivity index (χ1v) is 6.11. The second-order valence-corrected chi connectivity index (χ2v) is 4.33. The predicted molar refractivity (Wildman–Crippen MR) is 64.5 cm³/mol. The number of alkyl halides is 1. The molecule has 18 heavy (non-hydrogen) atoms. The number of nitrogens with zero attached hydrogens (tertiary/aromatic N) is 3. The van der Waals surface area contributed by atoms with Crippen molar-refractivity contribution in [1.29, 1.82) is 0 Å². The fourth-order valence-corrected chi connectivity index (χ4v) is 1.74. The molecule has 0 aliphatic rings. The molecule has 2 rings (SSSR count). The molecule has 0 atom stereocenters. The van der Waals surface area contributed by atoms with E-state index in [-0.39, 0.29) is 0 Å². The first-order valence-electron chi connectivity index (χ1n) is 5.58. The Morgan fingerprint density at radius 3 is 2.78 bits per heavy atom. The summed E-state index contributed by atoms with van der Waals surface area (Å²) in [6, 6.07) is 3.80. The van der Waals surface area contributed by atoms with Crippen LogP contribution in [0.15, 0.2) is 24.4 Å². The molecule has 1 aromatic heterocycles. The van der Waals surface area contributed by atoms with E-state index in [1.807, 2.05) is 0 Å². The average molecular weight is 272 g/mol. The van der Waals surface area contributed by atoms with Crippen LogP contribution in [-0.4, -0.2) is 20.9 Å². The Kier molecular flexibility index (Phi) is 4.25. The van der Waals surface area contributed by atoms with Gasteiger partial charge in [-0.15, -0.1) is 16.7 Å². The molecule has 0 aliphatic carbocycles. The molecule has 3 nitrogen and oxygen atoms in total. The largest absolute Gasteiger partial charge is 0.248 e. The van der Waals surface area contributed by atoms with Crippen LogP contribution in [0.2, 0.25) is 0 Å². The molecular weight excluding hydrogens is 260 g/mol. The van der Waals surface area contributed by atoms with Crippen LogP contribution in [0, 0.1) is 11.6 Å². The molecule has 1 aromatic carbocycles. The lowest BCUT2D eigenvalue weighted by molar-refractivity contribution is 0.505. The summed E-state index contributed by atoms with van der Waals surface area (Å²) in [5.41, 5.74) is 1.49. The van der Waals surface area contributed by atoms with Gasteiger partial charge in [-0.1, -0.05) is 11.3 Å². The standard InChI is InChI=1S/C12H12ClF2N3/c13-5-1-2-10-8-18(17-16-10)7-9-3-4-11(14)12(15)6-9/h3-4,6,8H,1-2,5,7H2. The molecule has 0 N–H and O–H groups in total. The van der Waals surface area contributed by atoms with Crippen molar-refractivity contribution in [3.63, 3.8) is 0 Å². The smallest absolute Gasteiger partial charge is 0.159 e. The Morgan fingerprint density at radius 1 is 1.22 bits per heavy atom. The van der Waals surface area contributed by atoms with E-state index < -0.39 is 11.6 Å². The zero-order valence-electron chi connectivity index (χ0n) is 9.61.